The highest BCUT2D eigenvalue weighted by Crippen LogP contribution is 2.47. The van der Waals surface area contributed by atoms with E-state index in [2.05, 4.69) is 46.5 Å². The SMILES string of the molecule is CC(C)n1cncc1C(O)C1CC(C)(C)OC1(C)C. The van der Waals surface area contributed by atoms with Crippen LogP contribution in [0.1, 0.15) is 65.8 Å². The molecule has 0 spiro atoms. The lowest BCUT2D eigenvalue weighted by molar-refractivity contribution is -0.0887. The van der Waals surface area contributed by atoms with E-state index in [1.165, 1.54) is 0 Å². The molecule has 1 aliphatic rings. The van der Waals surface area contributed by atoms with Gasteiger partial charge in [-0.1, -0.05) is 0 Å². The molecule has 1 N–H and O–H groups in total. The summed E-state index contributed by atoms with van der Waals surface area (Å²) in [5.41, 5.74) is 0.377. The molecular formula is C15H26N2O2. The van der Waals surface area contributed by atoms with Crippen LogP contribution in [0.2, 0.25) is 0 Å². The largest absolute Gasteiger partial charge is 0.386 e. The van der Waals surface area contributed by atoms with Gasteiger partial charge < -0.3 is 14.4 Å². The smallest absolute Gasteiger partial charge is 0.101 e. The van der Waals surface area contributed by atoms with E-state index in [0.29, 0.717) is 6.04 Å². The minimum absolute atomic E-state index is 0.0803. The second-order valence-electron chi connectivity index (χ2n) is 7.04. The van der Waals surface area contributed by atoms with Crippen LogP contribution in [-0.2, 0) is 4.74 Å². The number of aliphatic hydroxyl groups is 1. The van der Waals surface area contributed by atoms with E-state index < -0.39 is 6.10 Å². The van der Waals surface area contributed by atoms with Gasteiger partial charge >= 0.3 is 0 Å². The molecule has 1 saturated heterocycles. The highest BCUT2D eigenvalue weighted by atomic mass is 16.5. The molecule has 2 atom stereocenters. The van der Waals surface area contributed by atoms with Crippen LogP contribution in [0.4, 0.5) is 0 Å². The minimum Gasteiger partial charge on any atom is -0.386 e. The predicted octanol–water partition coefficient (Wildman–Crippen LogP) is 3.09. The summed E-state index contributed by atoms with van der Waals surface area (Å²) in [7, 11) is 0. The fraction of sp³-hybridized carbons (Fsp3) is 0.800. The standard InChI is InChI=1S/C15H26N2O2/c1-10(2)17-9-16-8-12(17)13(18)11-7-14(3,4)19-15(11,5)6/h8-11,13,18H,7H2,1-6H3. The summed E-state index contributed by atoms with van der Waals surface area (Å²) in [6.07, 6.45) is 3.87. The van der Waals surface area contributed by atoms with Crippen LogP contribution in [0.15, 0.2) is 12.5 Å². The molecule has 2 unspecified atom stereocenters. The van der Waals surface area contributed by atoms with Crippen LogP contribution in [-0.4, -0.2) is 25.9 Å². The fourth-order valence-electron chi connectivity index (χ4n) is 3.28. The van der Waals surface area contributed by atoms with Gasteiger partial charge in [-0.15, -0.1) is 0 Å². The third kappa shape index (κ3) is 2.70. The zero-order chi connectivity index (χ0) is 14.4. The predicted molar refractivity (Wildman–Crippen MR) is 74.9 cm³/mol. The Balaban J connectivity index is 2.29. The first-order chi connectivity index (χ1) is 8.64. The lowest BCUT2D eigenvalue weighted by atomic mass is 9.82. The highest BCUT2D eigenvalue weighted by Gasteiger charge is 2.49. The highest BCUT2D eigenvalue weighted by molar-refractivity contribution is 5.10. The Hall–Kier alpha value is -0.870. The lowest BCUT2D eigenvalue weighted by Gasteiger charge is -2.31. The first-order valence-corrected chi connectivity index (χ1v) is 7.04. The number of imidazole rings is 1. The Kier molecular flexibility index (Phi) is 3.52. The van der Waals surface area contributed by atoms with Gasteiger partial charge in [0.15, 0.2) is 0 Å². The number of aromatic nitrogens is 2. The van der Waals surface area contributed by atoms with Crippen molar-refractivity contribution in [2.24, 2.45) is 5.92 Å². The van der Waals surface area contributed by atoms with Crippen LogP contribution < -0.4 is 0 Å². The molecule has 1 aliphatic heterocycles. The van der Waals surface area contributed by atoms with E-state index in [4.69, 9.17) is 4.74 Å². The van der Waals surface area contributed by atoms with Crippen molar-refractivity contribution in [1.82, 2.24) is 9.55 Å². The van der Waals surface area contributed by atoms with Gasteiger partial charge in [0.25, 0.3) is 0 Å². The zero-order valence-electron chi connectivity index (χ0n) is 12.8. The molecule has 0 radical (unpaired) electrons. The van der Waals surface area contributed by atoms with Gasteiger partial charge in [-0.2, -0.15) is 0 Å². The molecule has 1 aromatic heterocycles. The van der Waals surface area contributed by atoms with Gasteiger partial charge in [0.1, 0.15) is 6.10 Å². The van der Waals surface area contributed by atoms with E-state index in [1.54, 1.807) is 12.5 Å². The fourth-order valence-corrected chi connectivity index (χ4v) is 3.28. The molecule has 19 heavy (non-hydrogen) atoms. The van der Waals surface area contributed by atoms with Crippen molar-refractivity contribution in [2.75, 3.05) is 0 Å². The summed E-state index contributed by atoms with van der Waals surface area (Å²) >= 11 is 0. The Morgan fingerprint density at radius 1 is 1.37 bits per heavy atom. The summed E-state index contributed by atoms with van der Waals surface area (Å²) in [4.78, 5) is 4.18. The van der Waals surface area contributed by atoms with Gasteiger partial charge in [0.05, 0.1) is 29.4 Å². The van der Waals surface area contributed by atoms with E-state index in [0.717, 1.165) is 12.1 Å². The molecule has 0 amide bonds. The van der Waals surface area contributed by atoms with Crippen LogP contribution in [0.25, 0.3) is 0 Å². The minimum atomic E-state index is -0.540. The second-order valence-corrected chi connectivity index (χ2v) is 7.04. The van der Waals surface area contributed by atoms with Gasteiger partial charge in [0.2, 0.25) is 0 Å². The number of hydrogen-bond donors (Lipinski definition) is 1. The van der Waals surface area contributed by atoms with Crippen LogP contribution in [0.5, 0.6) is 0 Å². The van der Waals surface area contributed by atoms with E-state index in [9.17, 15) is 5.11 Å². The number of rotatable bonds is 3. The van der Waals surface area contributed by atoms with Crippen LogP contribution in [0, 0.1) is 5.92 Å². The molecule has 0 aromatic carbocycles. The van der Waals surface area contributed by atoms with Crippen molar-refractivity contribution < 1.29 is 9.84 Å². The maximum Gasteiger partial charge on any atom is 0.101 e. The molecule has 2 heterocycles. The van der Waals surface area contributed by atoms with Crippen LogP contribution in [0.3, 0.4) is 0 Å². The topological polar surface area (TPSA) is 47.3 Å². The number of aliphatic hydroxyl groups excluding tert-OH is 1. The van der Waals surface area contributed by atoms with Crippen molar-refractivity contribution in [3.8, 4) is 0 Å². The molecule has 0 bridgehead atoms. The molecular weight excluding hydrogens is 240 g/mol. The van der Waals surface area contributed by atoms with Crippen molar-refractivity contribution in [3.05, 3.63) is 18.2 Å². The monoisotopic (exact) mass is 266 g/mol. The average molecular weight is 266 g/mol. The van der Waals surface area contributed by atoms with Gasteiger partial charge in [-0.25, -0.2) is 4.98 Å². The Labute approximate surface area is 115 Å². The molecule has 1 fully saturated rings. The Bertz CT molecular complexity index is 449. The first-order valence-electron chi connectivity index (χ1n) is 7.04. The zero-order valence-corrected chi connectivity index (χ0v) is 12.8. The molecule has 0 saturated carbocycles. The summed E-state index contributed by atoms with van der Waals surface area (Å²) in [6.45, 7) is 12.5. The second kappa shape index (κ2) is 4.60. The molecule has 4 nitrogen and oxygen atoms in total. The first kappa shape index (κ1) is 14.5. The Morgan fingerprint density at radius 3 is 2.47 bits per heavy atom. The summed E-state index contributed by atoms with van der Waals surface area (Å²) in [6, 6.07) is 0.297. The lowest BCUT2D eigenvalue weighted by Crippen LogP contribution is -2.33. The molecule has 1 aromatic rings. The molecule has 108 valence electrons. The Morgan fingerprint density at radius 2 is 2.00 bits per heavy atom. The normalized spacial score (nSPS) is 26.8. The third-order valence-electron chi connectivity index (χ3n) is 4.08. The van der Waals surface area contributed by atoms with Crippen molar-refractivity contribution in [2.45, 2.75) is 71.3 Å². The van der Waals surface area contributed by atoms with E-state index in [-0.39, 0.29) is 17.1 Å². The summed E-state index contributed by atoms with van der Waals surface area (Å²) in [5, 5.41) is 10.8. The number of hydrogen-bond acceptors (Lipinski definition) is 3. The van der Waals surface area contributed by atoms with Gasteiger partial charge in [0, 0.05) is 12.0 Å². The van der Waals surface area contributed by atoms with E-state index in [1.807, 2.05) is 4.57 Å². The average Bonchev–Trinajstić information content (AvgIpc) is 2.78. The molecule has 0 aliphatic carbocycles. The summed E-state index contributed by atoms with van der Waals surface area (Å²) < 4.78 is 8.11. The number of nitrogens with zero attached hydrogens (tertiary/aromatic N) is 2. The van der Waals surface area contributed by atoms with Crippen molar-refractivity contribution in [1.29, 1.82) is 0 Å². The maximum absolute atomic E-state index is 10.8. The number of ether oxygens (including phenoxy) is 1. The maximum atomic E-state index is 10.8. The van der Waals surface area contributed by atoms with E-state index >= 15 is 0 Å². The van der Waals surface area contributed by atoms with Crippen molar-refractivity contribution >= 4 is 0 Å². The van der Waals surface area contributed by atoms with Gasteiger partial charge in [-0.3, -0.25) is 0 Å². The summed E-state index contributed by atoms with van der Waals surface area (Å²) in [5.74, 6) is 0.0803. The van der Waals surface area contributed by atoms with Crippen molar-refractivity contribution in [3.63, 3.8) is 0 Å². The van der Waals surface area contributed by atoms with Gasteiger partial charge in [-0.05, 0) is 48.0 Å². The quantitative estimate of drug-likeness (QED) is 0.914. The third-order valence-corrected chi connectivity index (χ3v) is 4.08. The molecule has 4 heteroatoms. The van der Waals surface area contributed by atoms with Crippen LogP contribution >= 0.6 is 0 Å². The molecule has 2 rings (SSSR count).